The van der Waals surface area contributed by atoms with E-state index in [2.05, 4.69) is 120 Å². The van der Waals surface area contributed by atoms with Crippen LogP contribution >= 0.6 is 0 Å². The van der Waals surface area contributed by atoms with Gasteiger partial charge in [0.1, 0.15) is 0 Å². The molecular weight excluding hydrogens is 743 g/mol. The van der Waals surface area contributed by atoms with Gasteiger partial charge in [-0.1, -0.05) is 84.0 Å². The first kappa shape index (κ1) is 43.2. The molecule has 0 heterocycles. The topological polar surface area (TPSA) is 57.2 Å². The number of halogens is 13. The van der Waals surface area contributed by atoms with Gasteiger partial charge in [-0.2, -0.15) is 57.1 Å². The fourth-order valence-electron chi connectivity index (χ4n) is 4.06. The van der Waals surface area contributed by atoms with E-state index >= 15 is 0 Å². The van der Waals surface area contributed by atoms with E-state index < -0.39 is 45.2 Å². The second-order valence-corrected chi connectivity index (χ2v) is 16.4. The van der Waals surface area contributed by atoms with E-state index in [1.54, 1.807) is 0 Å². The molecule has 0 saturated heterocycles. The summed E-state index contributed by atoms with van der Waals surface area (Å²) in [5, 5.41) is -7.63. The highest BCUT2D eigenvalue weighted by atomic mass is 32.2. The standard InChI is InChI=1S/C26H31S.C6HF13O3S/c1-25(2,3)20-12-16-23(17-13-20)27(22-10-8-7-9-11-22)24-18-14-21(15-19-24)26(4,5)6;7-1(8,3(11,12)5(15,16)17)2(9,10)4(13,14)6(18,19)23(20,21)22/h7-19H,1-6H3;(H,20,21,22)/q+1;/p-1. The molecule has 0 amide bonds. The Bertz CT molecular complexity index is 1640. The Hall–Kier alpha value is -2.99. The summed E-state index contributed by atoms with van der Waals surface area (Å²) in [6, 6.07) is 29.3. The summed E-state index contributed by atoms with van der Waals surface area (Å²) in [5.74, 6) is -32.6. The molecule has 18 heteroatoms. The zero-order valence-electron chi connectivity index (χ0n) is 27.0. The van der Waals surface area contributed by atoms with Gasteiger partial charge in [0.15, 0.2) is 24.8 Å². The van der Waals surface area contributed by atoms with Gasteiger partial charge >= 0.3 is 35.1 Å². The highest BCUT2D eigenvalue weighted by Crippen LogP contribution is 2.60. The number of hydrogen-bond acceptors (Lipinski definition) is 3. The molecule has 0 N–H and O–H groups in total. The molecule has 3 nitrogen and oxygen atoms in total. The molecule has 0 unspecified atom stereocenters. The Morgan fingerprint density at radius 1 is 0.460 bits per heavy atom. The van der Waals surface area contributed by atoms with Crippen molar-refractivity contribution in [3.8, 4) is 0 Å². The van der Waals surface area contributed by atoms with Crippen molar-refractivity contribution in [1.82, 2.24) is 0 Å². The van der Waals surface area contributed by atoms with Gasteiger partial charge in [0, 0.05) is 0 Å². The molecule has 3 aromatic rings. The third kappa shape index (κ3) is 8.22. The first-order chi connectivity index (χ1) is 22.2. The van der Waals surface area contributed by atoms with Crippen LogP contribution in [0.4, 0.5) is 57.1 Å². The van der Waals surface area contributed by atoms with Crippen LogP contribution in [0.25, 0.3) is 0 Å². The van der Waals surface area contributed by atoms with Crippen molar-refractivity contribution in [3.05, 3.63) is 90.0 Å². The van der Waals surface area contributed by atoms with Crippen molar-refractivity contribution < 1.29 is 70.0 Å². The van der Waals surface area contributed by atoms with Gasteiger partial charge in [0.05, 0.1) is 10.9 Å². The maximum atomic E-state index is 12.7. The van der Waals surface area contributed by atoms with E-state index in [-0.39, 0.29) is 21.7 Å². The van der Waals surface area contributed by atoms with Gasteiger partial charge in [0.2, 0.25) is 0 Å². The average Bonchev–Trinajstić information content (AvgIpc) is 2.96. The maximum Gasteiger partial charge on any atom is 0.460 e. The van der Waals surface area contributed by atoms with Gasteiger partial charge in [-0.3, -0.25) is 0 Å². The van der Waals surface area contributed by atoms with Gasteiger partial charge in [0.25, 0.3) is 0 Å². The van der Waals surface area contributed by atoms with Crippen LogP contribution in [0.1, 0.15) is 52.7 Å². The summed E-state index contributed by atoms with van der Waals surface area (Å²) in [6.45, 7) is 13.6. The molecule has 280 valence electrons. The first-order valence-electron chi connectivity index (χ1n) is 14.1. The van der Waals surface area contributed by atoms with Crippen LogP contribution in [-0.2, 0) is 31.8 Å². The molecule has 0 spiro atoms. The number of benzene rings is 3. The minimum Gasteiger partial charge on any atom is -0.743 e. The molecule has 3 rings (SSSR count). The zero-order valence-corrected chi connectivity index (χ0v) is 28.6. The first-order valence-corrected chi connectivity index (χ1v) is 16.7. The van der Waals surface area contributed by atoms with E-state index in [0.717, 1.165) is 0 Å². The SMILES string of the molecule is CC(C)(C)c1ccc([S+](c2ccccc2)c2ccc(C(C)(C)C)cc2)cc1.O=S(=O)([O-])C(F)(F)C(F)(F)C(F)(F)C(F)(F)C(F)(F)C(F)(F)F. The fourth-order valence-corrected chi connectivity index (χ4v) is 6.56. The van der Waals surface area contributed by atoms with Gasteiger partial charge in [-0.05, 0) is 58.4 Å². The second-order valence-electron chi connectivity index (χ2n) is 12.9. The molecule has 0 fully saturated rings. The molecule has 0 bridgehead atoms. The minimum atomic E-state index is -8.29. The van der Waals surface area contributed by atoms with E-state index in [9.17, 15) is 70.0 Å². The summed E-state index contributed by atoms with van der Waals surface area (Å²) in [7, 11) is -7.94. The van der Waals surface area contributed by atoms with E-state index in [0.29, 0.717) is 0 Å². The van der Waals surface area contributed by atoms with Crippen molar-refractivity contribution in [2.45, 2.75) is 102 Å². The lowest BCUT2D eigenvalue weighted by Gasteiger charge is -2.39. The minimum absolute atomic E-state index is 0.0847. The summed E-state index contributed by atoms with van der Waals surface area (Å²) >= 11 is 0. The van der Waals surface area contributed by atoms with Gasteiger partial charge in [-0.15, -0.1) is 0 Å². The molecule has 0 radical (unpaired) electrons. The predicted octanol–water partition coefficient (Wildman–Crippen LogP) is 10.6. The van der Waals surface area contributed by atoms with Gasteiger partial charge < -0.3 is 4.55 Å². The zero-order chi connectivity index (χ0) is 39.2. The maximum absolute atomic E-state index is 12.7. The van der Waals surface area contributed by atoms with Crippen molar-refractivity contribution in [2.75, 3.05) is 0 Å². The molecule has 0 aromatic heterocycles. The third-order valence-corrected chi connectivity index (χ3v) is 10.2. The van der Waals surface area contributed by atoms with Crippen LogP contribution in [0.3, 0.4) is 0 Å². The summed E-state index contributed by atoms with van der Waals surface area (Å²) < 4.78 is 189. The fraction of sp³-hybridized carbons (Fsp3) is 0.438. The Balaban J connectivity index is 0.000000353. The van der Waals surface area contributed by atoms with Crippen LogP contribution in [0.5, 0.6) is 0 Å². The highest BCUT2D eigenvalue weighted by Gasteiger charge is 2.91. The lowest BCUT2D eigenvalue weighted by Crippen LogP contribution is -2.71. The van der Waals surface area contributed by atoms with Crippen molar-refractivity contribution in [3.63, 3.8) is 0 Å². The number of rotatable bonds is 8. The second kappa shape index (κ2) is 13.9. The van der Waals surface area contributed by atoms with Crippen molar-refractivity contribution >= 4 is 21.0 Å². The third-order valence-electron chi connectivity index (χ3n) is 7.11. The summed E-state index contributed by atoms with van der Waals surface area (Å²) in [5.41, 5.74) is 3.12. The van der Waals surface area contributed by atoms with Crippen LogP contribution in [0.2, 0.25) is 0 Å². The normalized spacial score (nSPS) is 14.3. The quantitative estimate of drug-likeness (QED) is 0.130. The van der Waals surface area contributed by atoms with Crippen molar-refractivity contribution in [2.24, 2.45) is 0 Å². The molecule has 0 aliphatic rings. The van der Waals surface area contributed by atoms with Crippen LogP contribution in [0, 0.1) is 0 Å². The molecule has 0 aliphatic heterocycles. The molecule has 0 atom stereocenters. The summed E-state index contributed by atoms with van der Waals surface area (Å²) in [6.07, 6.45) is -7.61. The lowest BCUT2D eigenvalue weighted by molar-refractivity contribution is -0.433. The largest absolute Gasteiger partial charge is 0.743 e. The van der Waals surface area contributed by atoms with Gasteiger partial charge in [-0.25, -0.2) is 8.42 Å². The Morgan fingerprint density at radius 3 is 1.04 bits per heavy atom. The Kier molecular flexibility index (Phi) is 12.0. The highest BCUT2D eigenvalue weighted by molar-refractivity contribution is 7.97. The molecule has 50 heavy (non-hydrogen) atoms. The van der Waals surface area contributed by atoms with Crippen molar-refractivity contribution in [1.29, 1.82) is 0 Å². The van der Waals surface area contributed by atoms with E-state index in [1.165, 1.54) is 25.8 Å². The van der Waals surface area contributed by atoms with E-state index in [1.807, 2.05) is 0 Å². The Labute approximate surface area is 283 Å². The molecule has 0 aliphatic carbocycles. The average molecular weight is 775 g/mol. The number of alkyl halides is 13. The van der Waals surface area contributed by atoms with Crippen LogP contribution < -0.4 is 0 Å². The van der Waals surface area contributed by atoms with Crippen LogP contribution in [0.15, 0.2) is 93.5 Å². The van der Waals surface area contributed by atoms with E-state index in [4.69, 9.17) is 0 Å². The molecule has 3 aromatic carbocycles. The smallest absolute Gasteiger partial charge is 0.460 e. The summed E-state index contributed by atoms with van der Waals surface area (Å²) in [4.78, 5) is 4.11. The monoisotopic (exact) mass is 774 g/mol. The molecular formula is C32H31F13O3S2. The lowest BCUT2D eigenvalue weighted by atomic mass is 9.87. The Morgan fingerprint density at radius 2 is 0.760 bits per heavy atom. The molecule has 0 saturated carbocycles. The number of hydrogen-bond donors (Lipinski definition) is 0. The van der Waals surface area contributed by atoms with Crippen LogP contribution in [-0.4, -0.2) is 48.1 Å². The predicted molar refractivity (Wildman–Crippen MR) is 159 cm³/mol.